The molecule has 1 heterocycles. The van der Waals surface area contributed by atoms with Crippen molar-refractivity contribution in [2.45, 2.75) is 33.6 Å². The van der Waals surface area contributed by atoms with E-state index in [9.17, 15) is 14.4 Å². The summed E-state index contributed by atoms with van der Waals surface area (Å²) < 4.78 is 16.4. The predicted octanol–water partition coefficient (Wildman–Crippen LogP) is 4.72. The smallest absolute Gasteiger partial charge is 0.348 e. The van der Waals surface area contributed by atoms with E-state index in [1.54, 1.807) is 31.2 Å². The molecule has 0 saturated carbocycles. The first kappa shape index (κ1) is 21.6. The molecule has 30 heavy (non-hydrogen) atoms. The van der Waals surface area contributed by atoms with Crippen molar-refractivity contribution in [1.82, 2.24) is 0 Å². The van der Waals surface area contributed by atoms with Crippen LogP contribution in [0.2, 0.25) is 0 Å². The van der Waals surface area contributed by atoms with Gasteiger partial charge in [0.05, 0.1) is 25.0 Å². The van der Waals surface area contributed by atoms with Crippen molar-refractivity contribution in [2.75, 3.05) is 18.5 Å². The highest BCUT2D eigenvalue weighted by Crippen LogP contribution is 2.43. The van der Waals surface area contributed by atoms with Gasteiger partial charge in [0.2, 0.25) is 5.91 Å². The van der Waals surface area contributed by atoms with Crippen molar-refractivity contribution in [3.05, 3.63) is 52.1 Å². The number of ketones is 1. The molecule has 1 N–H and O–H groups in total. The lowest BCUT2D eigenvalue weighted by molar-refractivity contribution is -0.114. The monoisotopic (exact) mass is 429 g/mol. The number of hydrogen-bond donors (Lipinski definition) is 1. The van der Waals surface area contributed by atoms with Crippen molar-refractivity contribution < 1.29 is 28.6 Å². The topological polar surface area (TPSA) is 90.9 Å². The maximum absolute atomic E-state index is 13.1. The molecular weight excluding hydrogens is 406 g/mol. The average molecular weight is 429 g/mol. The molecule has 7 nitrogen and oxygen atoms in total. The first-order chi connectivity index (χ1) is 14.4. The summed E-state index contributed by atoms with van der Waals surface area (Å²) >= 11 is 1.11. The molecule has 0 atom stereocenters. The Morgan fingerprint density at radius 3 is 2.50 bits per heavy atom. The van der Waals surface area contributed by atoms with Crippen LogP contribution < -0.4 is 10.1 Å². The first-order valence-corrected chi connectivity index (χ1v) is 10.5. The first-order valence-electron chi connectivity index (χ1n) is 9.68. The van der Waals surface area contributed by atoms with Crippen molar-refractivity contribution in [2.24, 2.45) is 0 Å². The number of allylic oxidation sites excluding steroid dienone is 1. The summed E-state index contributed by atoms with van der Waals surface area (Å²) in [5.74, 6) is -0.354. The van der Waals surface area contributed by atoms with Gasteiger partial charge >= 0.3 is 5.97 Å². The van der Waals surface area contributed by atoms with Gasteiger partial charge < -0.3 is 19.5 Å². The number of benzene rings is 1. The minimum Gasteiger partial charge on any atom is -0.501 e. The summed E-state index contributed by atoms with van der Waals surface area (Å²) in [7, 11) is 0. The molecule has 1 aliphatic rings. The Labute approximate surface area is 178 Å². The average Bonchev–Trinajstić information content (AvgIpc) is 3.08. The van der Waals surface area contributed by atoms with Crippen molar-refractivity contribution >= 4 is 34.7 Å². The van der Waals surface area contributed by atoms with E-state index in [1.807, 2.05) is 6.92 Å². The van der Waals surface area contributed by atoms with Crippen LogP contribution in [0.5, 0.6) is 10.8 Å². The van der Waals surface area contributed by atoms with Gasteiger partial charge in [0, 0.05) is 18.2 Å². The Balaban J connectivity index is 1.96. The van der Waals surface area contributed by atoms with Gasteiger partial charge in [-0.2, -0.15) is 0 Å². The van der Waals surface area contributed by atoms with Gasteiger partial charge in [0.15, 0.2) is 10.8 Å². The zero-order valence-corrected chi connectivity index (χ0v) is 17.9. The highest BCUT2D eigenvalue weighted by molar-refractivity contribution is 7.16. The Morgan fingerprint density at radius 1 is 1.13 bits per heavy atom. The number of nitrogens with one attached hydrogen (secondary N) is 1. The van der Waals surface area contributed by atoms with E-state index in [1.165, 1.54) is 13.2 Å². The molecule has 1 amide bonds. The number of rotatable bonds is 7. The third-order valence-electron chi connectivity index (χ3n) is 4.38. The second-order valence-corrected chi connectivity index (χ2v) is 7.51. The molecule has 0 unspecified atom stereocenters. The molecule has 0 spiro atoms. The second kappa shape index (κ2) is 9.58. The number of amides is 1. The van der Waals surface area contributed by atoms with Gasteiger partial charge in [-0.05, 0) is 56.5 Å². The van der Waals surface area contributed by atoms with Crippen LogP contribution in [0.1, 0.15) is 52.8 Å². The summed E-state index contributed by atoms with van der Waals surface area (Å²) in [5, 5.41) is 3.02. The van der Waals surface area contributed by atoms with E-state index in [-0.39, 0.29) is 18.3 Å². The molecule has 0 radical (unpaired) electrons. The van der Waals surface area contributed by atoms with Crippen LogP contribution in [0.3, 0.4) is 0 Å². The lowest BCUT2D eigenvalue weighted by Gasteiger charge is -2.16. The van der Waals surface area contributed by atoms with Gasteiger partial charge in [-0.3, -0.25) is 9.59 Å². The summed E-state index contributed by atoms with van der Waals surface area (Å²) in [6, 6.07) is 6.77. The SMILES string of the molecule is CCOC=C1CCc2c(C(=O)OCC)sc(Oc3ccc(NC(C)=O)cc3)c2C1=O. The molecule has 1 aromatic carbocycles. The largest absolute Gasteiger partial charge is 0.501 e. The second-order valence-electron chi connectivity index (χ2n) is 6.53. The minimum atomic E-state index is -0.459. The Kier molecular flexibility index (Phi) is 6.89. The number of anilines is 1. The molecule has 0 saturated heterocycles. The van der Waals surface area contributed by atoms with Gasteiger partial charge in [-0.1, -0.05) is 11.3 Å². The standard InChI is InChI=1S/C22H23NO6S/c1-4-27-12-14-6-11-17-18(19(14)25)22(30-20(17)21(26)28-5-2)29-16-9-7-15(8-10-16)23-13(3)24/h7-10,12H,4-6,11H2,1-3H3,(H,23,24). The summed E-state index contributed by atoms with van der Waals surface area (Å²) in [6.07, 6.45) is 2.49. The van der Waals surface area contributed by atoms with Crippen LogP contribution in [0.25, 0.3) is 0 Å². The van der Waals surface area contributed by atoms with E-state index >= 15 is 0 Å². The van der Waals surface area contributed by atoms with E-state index in [0.29, 0.717) is 57.5 Å². The predicted molar refractivity (Wildman–Crippen MR) is 113 cm³/mol. The number of fused-ring (bicyclic) bond motifs is 1. The van der Waals surface area contributed by atoms with E-state index in [0.717, 1.165) is 11.3 Å². The summed E-state index contributed by atoms with van der Waals surface area (Å²) in [6.45, 7) is 5.72. The van der Waals surface area contributed by atoms with Gasteiger partial charge in [-0.25, -0.2) is 4.79 Å². The lowest BCUT2D eigenvalue weighted by Crippen LogP contribution is -2.16. The fourth-order valence-corrected chi connectivity index (χ4v) is 4.20. The van der Waals surface area contributed by atoms with Gasteiger partial charge in [0.25, 0.3) is 0 Å². The molecule has 0 aliphatic heterocycles. The summed E-state index contributed by atoms with van der Waals surface area (Å²) in [5.41, 5.74) is 2.21. The zero-order chi connectivity index (χ0) is 21.7. The Hall–Kier alpha value is -3.13. The van der Waals surface area contributed by atoms with Gasteiger partial charge in [-0.15, -0.1) is 0 Å². The van der Waals surface area contributed by atoms with Crippen molar-refractivity contribution in [3.8, 4) is 10.8 Å². The Morgan fingerprint density at radius 2 is 1.87 bits per heavy atom. The number of carbonyl (C=O) groups excluding carboxylic acids is 3. The minimum absolute atomic E-state index is 0.172. The van der Waals surface area contributed by atoms with Crippen molar-refractivity contribution in [1.29, 1.82) is 0 Å². The van der Waals surface area contributed by atoms with E-state index in [4.69, 9.17) is 14.2 Å². The fraction of sp³-hybridized carbons (Fsp3) is 0.318. The van der Waals surface area contributed by atoms with Crippen LogP contribution in [0.15, 0.2) is 36.1 Å². The van der Waals surface area contributed by atoms with Crippen LogP contribution in [-0.4, -0.2) is 30.9 Å². The molecule has 0 fully saturated rings. The summed E-state index contributed by atoms with van der Waals surface area (Å²) in [4.78, 5) is 37.1. The quantitative estimate of drug-likeness (QED) is 0.389. The van der Waals surface area contributed by atoms with Crippen molar-refractivity contribution in [3.63, 3.8) is 0 Å². The number of hydrogen-bond acceptors (Lipinski definition) is 7. The molecule has 158 valence electrons. The van der Waals surface area contributed by atoms with Crippen LogP contribution >= 0.6 is 11.3 Å². The highest BCUT2D eigenvalue weighted by Gasteiger charge is 2.34. The van der Waals surface area contributed by atoms with Crippen LogP contribution in [0, 0.1) is 0 Å². The molecule has 2 aromatic rings. The number of thiophene rings is 1. The molecule has 0 bridgehead atoms. The maximum Gasteiger partial charge on any atom is 0.348 e. The van der Waals surface area contributed by atoms with Gasteiger partial charge in [0.1, 0.15) is 10.6 Å². The van der Waals surface area contributed by atoms with Crippen LogP contribution in [0.4, 0.5) is 5.69 Å². The number of ether oxygens (including phenoxy) is 3. The fourth-order valence-electron chi connectivity index (χ4n) is 3.09. The number of Topliss-reactive ketones (excluding diaryl/α,β-unsaturated/α-hetero) is 1. The lowest BCUT2D eigenvalue weighted by atomic mass is 9.88. The molecular formula is C22H23NO6S. The highest BCUT2D eigenvalue weighted by atomic mass is 32.1. The zero-order valence-electron chi connectivity index (χ0n) is 17.1. The molecule has 1 aromatic heterocycles. The maximum atomic E-state index is 13.1. The molecule has 1 aliphatic carbocycles. The number of esters is 1. The number of carbonyl (C=O) groups is 3. The van der Waals surface area contributed by atoms with E-state index < -0.39 is 5.97 Å². The third kappa shape index (κ3) is 4.71. The van der Waals surface area contributed by atoms with Crippen LogP contribution in [-0.2, 0) is 20.7 Å². The third-order valence-corrected chi connectivity index (χ3v) is 5.47. The normalized spacial score (nSPS) is 14.2. The molecule has 3 rings (SSSR count). The molecule has 8 heteroatoms. The Bertz CT molecular complexity index is 990. The van der Waals surface area contributed by atoms with E-state index in [2.05, 4.69) is 5.32 Å².